The summed E-state index contributed by atoms with van der Waals surface area (Å²) in [6, 6.07) is 0. The fourth-order valence-electron chi connectivity index (χ4n) is 10.4. The molecule has 81 heavy (non-hydrogen) atoms. The van der Waals surface area contributed by atoms with Gasteiger partial charge in [0.15, 0.2) is 115 Å². The minimum Gasteiger partial charge on any atom is -0.506 e. The molecule has 416 valence electrons. The van der Waals surface area contributed by atoms with Crippen molar-refractivity contribution in [2.24, 2.45) is 0 Å². The van der Waals surface area contributed by atoms with E-state index in [-0.39, 0.29) is 0 Å². The van der Waals surface area contributed by atoms with Crippen molar-refractivity contribution in [3.05, 3.63) is 0 Å². The van der Waals surface area contributed by atoms with E-state index in [9.17, 15) is 153 Å². The number of aromatic hydroxyl groups is 30. The lowest BCUT2D eigenvalue weighted by Crippen LogP contribution is -1.97. The lowest BCUT2D eigenvalue weighted by atomic mass is 9.81. The minimum atomic E-state index is -1.98. The standard InChI is InChI=1S/C50H30O31/c51-19-8-9-13(35(67)44(76)43(75)26(9)58)31(63)29(61)12(8)30(62)32(64)14(19)16-33(65)27(59)11(28(60)34(16)66)2-5-3(21(53)39(71)41(73)23(5)55)1(4-6(2)24(56)42(74)40(72)22(4)54)7-10-18-20(52)15-17(37(69)46(78)45(77)36(15)68)38(70)50(18)81-49(10)48(80)47(79)25(7)57/h51-80H. The van der Waals surface area contributed by atoms with E-state index in [2.05, 4.69) is 0 Å². The van der Waals surface area contributed by atoms with Gasteiger partial charge >= 0.3 is 0 Å². The minimum absolute atomic E-state index is 1.11. The van der Waals surface area contributed by atoms with E-state index in [4.69, 9.17) is 4.42 Å². The molecule has 31 heteroatoms. The normalized spacial score (nSPS) is 12.0. The quantitative estimate of drug-likeness (QED) is 0.0448. The van der Waals surface area contributed by atoms with Crippen LogP contribution in [0.4, 0.5) is 0 Å². The lowest BCUT2D eigenvalue weighted by Gasteiger charge is -2.25. The Labute approximate surface area is 438 Å². The first-order valence-corrected chi connectivity index (χ1v) is 21.9. The predicted octanol–water partition coefficient (Wildman–Crippen LogP) is 5.52. The molecule has 0 atom stereocenters. The van der Waals surface area contributed by atoms with Gasteiger partial charge < -0.3 is 158 Å². The topological polar surface area (TPSA) is 620 Å². The van der Waals surface area contributed by atoms with Crippen LogP contribution >= 0.6 is 0 Å². The number of fused-ring (bicyclic) bond motifs is 9. The van der Waals surface area contributed by atoms with Crippen LogP contribution in [0.15, 0.2) is 4.42 Å². The summed E-state index contributed by atoms with van der Waals surface area (Å²) in [5, 5.41) is 324. The van der Waals surface area contributed by atoms with Crippen molar-refractivity contribution in [3.8, 4) is 206 Å². The maximum absolute atomic E-state index is 12.1. The van der Waals surface area contributed by atoms with Crippen molar-refractivity contribution < 1.29 is 158 Å². The second-order valence-electron chi connectivity index (χ2n) is 18.0. The molecular formula is C50H30O31. The van der Waals surface area contributed by atoms with Gasteiger partial charge in [-0.3, -0.25) is 0 Å². The van der Waals surface area contributed by atoms with Crippen molar-refractivity contribution in [2.75, 3.05) is 0 Å². The Kier molecular flexibility index (Phi) is 9.63. The smallest absolute Gasteiger partial charge is 0.205 e. The van der Waals surface area contributed by atoms with E-state index in [1.54, 1.807) is 0 Å². The highest BCUT2D eigenvalue weighted by atomic mass is 16.4. The molecule has 0 saturated carbocycles. The van der Waals surface area contributed by atoms with Gasteiger partial charge in [0.25, 0.3) is 0 Å². The maximum atomic E-state index is 12.1. The third-order valence-corrected chi connectivity index (χ3v) is 14.1. The molecule has 0 unspecified atom stereocenters. The summed E-state index contributed by atoms with van der Waals surface area (Å²) in [6.45, 7) is 0. The molecule has 11 rings (SSSR count). The van der Waals surface area contributed by atoms with Gasteiger partial charge in [-0.2, -0.15) is 0 Å². The lowest BCUT2D eigenvalue weighted by molar-refractivity contribution is 0.349. The molecule has 0 spiro atoms. The maximum Gasteiger partial charge on any atom is 0.205 e. The van der Waals surface area contributed by atoms with Gasteiger partial charge in [0.05, 0.1) is 43.6 Å². The summed E-state index contributed by atoms with van der Waals surface area (Å²) in [4.78, 5) is 0. The van der Waals surface area contributed by atoms with Crippen molar-refractivity contribution in [1.82, 2.24) is 0 Å². The Hall–Kier alpha value is -12.7. The van der Waals surface area contributed by atoms with Crippen LogP contribution < -0.4 is 0 Å². The number of hydrogen-bond acceptors (Lipinski definition) is 31. The molecule has 30 N–H and O–H groups in total. The monoisotopic (exact) mass is 1130 g/mol. The Bertz CT molecular complexity index is 4810. The Morgan fingerprint density at radius 2 is 0.321 bits per heavy atom. The fourth-order valence-corrected chi connectivity index (χ4v) is 10.4. The molecule has 0 amide bonds. The van der Waals surface area contributed by atoms with Crippen LogP contribution in [0.3, 0.4) is 0 Å². The highest BCUT2D eigenvalue weighted by Crippen LogP contribution is 2.70. The largest absolute Gasteiger partial charge is 0.506 e. The van der Waals surface area contributed by atoms with Gasteiger partial charge in [-0.15, -0.1) is 0 Å². The molecule has 0 fully saturated rings. The fraction of sp³-hybridized carbons (Fsp3) is 0. The summed E-state index contributed by atoms with van der Waals surface area (Å²) < 4.78 is 5.57. The third kappa shape index (κ3) is 5.55. The van der Waals surface area contributed by atoms with Gasteiger partial charge in [0.1, 0.15) is 11.5 Å². The van der Waals surface area contributed by atoms with Gasteiger partial charge in [0, 0.05) is 54.4 Å². The molecule has 11 aromatic rings. The molecule has 0 aliphatic rings. The van der Waals surface area contributed by atoms with Crippen LogP contribution in [0.2, 0.25) is 0 Å². The molecule has 0 aliphatic carbocycles. The Balaban J connectivity index is 1.37. The SMILES string of the molecule is Oc1c(O)c(-c2c3c(O)c(O)c(O)c(O)c3c(-c3c(O)c(O)c(O)c4oc5c(O)c6c(O)c(O)c(O)c(O)c6c(O)c5c34)c3c(O)c(O)c(O)c(O)c23)c(O)c(O)c1-c1c(O)c(O)c2c(O)c(O)c3c(O)c(O)c(O)c(O)c3c2c1O. The first kappa shape index (κ1) is 50.5. The number of furan rings is 1. The van der Waals surface area contributed by atoms with Crippen molar-refractivity contribution in [2.45, 2.75) is 0 Å². The van der Waals surface area contributed by atoms with E-state index in [0.717, 1.165) is 0 Å². The predicted molar refractivity (Wildman–Crippen MR) is 268 cm³/mol. The van der Waals surface area contributed by atoms with Crippen molar-refractivity contribution >= 4 is 75.8 Å². The average molecular weight is 1130 g/mol. The Morgan fingerprint density at radius 3 is 0.704 bits per heavy atom. The first-order chi connectivity index (χ1) is 37.8. The van der Waals surface area contributed by atoms with E-state index in [0.29, 0.717) is 0 Å². The second kappa shape index (κ2) is 15.5. The van der Waals surface area contributed by atoms with Gasteiger partial charge in [0.2, 0.25) is 57.5 Å². The van der Waals surface area contributed by atoms with Crippen LogP contribution in [0.25, 0.3) is 109 Å². The first-order valence-electron chi connectivity index (χ1n) is 21.9. The van der Waals surface area contributed by atoms with Crippen LogP contribution in [-0.4, -0.2) is 153 Å². The molecule has 0 saturated heterocycles. The third-order valence-electron chi connectivity index (χ3n) is 14.1. The zero-order valence-electron chi connectivity index (χ0n) is 38.8. The number of phenols is 30. The van der Waals surface area contributed by atoms with Crippen molar-refractivity contribution in [3.63, 3.8) is 0 Å². The van der Waals surface area contributed by atoms with Crippen LogP contribution in [0.1, 0.15) is 0 Å². The zero-order chi connectivity index (χ0) is 59.6. The summed E-state index contributed by atoms with van der Waals surface area (Å²) in [7, 11) is 0. The number of rotatable bonds is 3. The van der Waals surface area contributed by atoms with Crippen LogP contribution in [0, 0.1) is 0 Å². The molecule has 0 radical (unpaired) electrons. The number of phenolic OH excluding ortho intramolecular Hbond substituents is 30. The van der Waals surface area contributed by atoms with E-state index in [1.807, 2.05) is 0 Å². The Morgan fingerprint density at radius 1 is 0.111 bits per heavy atom. The average Bonchev–Trinajstić information content (AvgIpc) is 2.35. The number of benzene rings is 10. The highest BCUT2D eigenvalue weighted by Gasteiger charge is 2.42. The molecule has 1 heterocycles. The zero-order valence-corrected chi connectivity index (χ0v) is 38.8. The van der Waals surface area contributed by atoms with E-state index < -0.39 is 282 Å². The highest BCUT2D eigenvalue weighted by molar-refractivity contribution is 6.35. The summed E-state index contributed by atoms with van der Waals surface area (Å²) >= 11 is 0. The van der Waals surface area contributed by atoms with Crippen LogP contribution in [0.5, 0.6) is 172 Å². The van der Waals surface area contributed by atoms with Crippen LogP contribution in [-0.2, 0) is 0 Å². The molecular weight excluding hydrogens is 1100 g/mol. The number of hydrogen-bond donors (Lipinski definition) is 30. The summed E-state index contributed by atoms with van der Waals surface area (Å²) in [6.07, 6.45) is 0. The molecule has 0 aliphatic heterocycles. The summed E-state index contributed by atoms with van der Waals surface area (Å²) in [5.41, 5.74) is -11.6. The molecule has 1 aromatic heterocycles. The van der Waals surface area contributed by atoms with E-state index >= 15 is 0 Å². The van der Waals surface area contributed by atoms with Gasteiger partial charge in [-0.05, 0) is 0 Å². The second-order valence-corrected chi connectivity index (χ2v) is 18.0. The molecule has 10 aromatic carbocycles. The summed E-state index contributed by atoms with van der Waals surface area (Å²) in [5.74, 6) is -50.9. The van der Waals surface area contributed by atoms with Gasteiger partial charge in [-0.1, -0.05) is 0 Å². The van der Waals surface area contributed by atoms with Gasteiger partial charge in [-0.25, -0.2) is 0 Å². The van der Waals surface area contributed by atoms with Crippen molar-refractivity contribution in [1.29, 1.82) is 0 Å². The molecule has 0 bridgehead atoms. The molecule has 31 nitrogen and oxygen atoms in total. The van der Waals surface area contributed by atoms with E-state index in [1.165, 1.54) is 0 Å².